The lowest BCUT2D eigenvalue weighted by molar-refractivity contribution is 0.288. The van der Waals surface area contributed by atoms with Crippen molar-refractivity contribution in [1.29, 1.82) is 0 Å². The molecule has 1 N–H and O–H groups in total. The van der Waals surface area contributed by atoms with Crippen LogP contribution < -0.4 is 5.32 Å². The first-order valence-electron chi connectivity index (χ1n) is 8.67. The average molecular weight is 365 g/mol. The van der Waals surface area contributed by atoms with Gasteiger partial charge in [0.15, 0.2) is 5.11 Å². The van der Waals surface area contributed by atoms with Crippen LogP contribution in [-0.4, -0.2) is 21.1 Å². The number of thiocarbonyl (C=S) groups is 1. The molecule has 0 saturated carbocycles. The van der Waals surface area contributed by atoms with Crippen molar-refractivity contribution in [2.75, 3.05) is 11.9 Å². The van der Waals surface area contributed by atoms with Crippen LogP contribution in [0, 0.1) is 12.7 Å². The highest BCUT2D eigenvalue weighted by Gasteiger charge is 2.32. The van der Waals surface area contributed by atoms with E-state index in [2.05, 4.69) is 20.9 Å². The number of hydrogen-bond acceptors (Lipinski definition) is 1. The maximum atomic E-state index is 14.6. The number of nitrogens with zero attached hydrogens (tertiary/aromatic N) is 2. The van der Waals surface area contributed by atoms with Crippen molar-refractivity contribution in [2.24, 2.45) is 0 Å². The van der Waals surface area contributed by atoms with Gasteiger partial charge in [0.1, 0.15) is 5.82 Å². The number of aromatic nitrogens is 1. The first kappa shape index (κ1) is 16.8. The molecule has 3 nitrogen and oxygen atoms in total. The fourth-order valence-corrected chi connectivity index (χ4v) is 3.86. The maximum Gasteiger partial charge on any atom is 0.174 e. The molecule has 0 amide bonds. The van der Waals surface area contributed by atoms with Gasteiger partial charge in [0, 0.05) is 36.2 Å². The minimum Gasteiger partial charge on any atom is -0.348 e. The number of halogens is 1. The van der Waals surface area contributed by atoms with Gasteiger partial charge in [-0.15, -0.1) is 0 Å². The van der Waals surface area contributed by atoms with Gasteiger partial charge in [-0.05, 0) is 55.0 Å². The highest BCUT2D eigenvalue weighted by Crippen LogP contribution is 2.34. The molecule has 4 rings (SSSR count). The minimum absolute atomic E-state index is 0.212. The number of anilines is 1. The van der Waals surface area contributed by atoms with Gasteiger partial charge in [-0.25, -0.2) is 4.39 Å². The van der Waals surface area contributed by atoms with Crippen LogP contribution in [0.2, 0.25) is 0 Å². The van der Waals surface area contributed by atoms with Crippen molar-refractivity contribution < 1.29 is 4.39 Å². The van der Waals surface area contributed by atoms with Crippen LogP contribution in [0.4, 0.5) is 10.1 Å². The molecule has 2 aromatic carbocycles. The van der Waals surface area contributed by atoms with Gasteiger partial charge in [-0.1, -0.05) is 30.3 Å². The SMILES string of the molecule is Cc1cccc(NC(=S)N2CCn3cccc3C2c2ccccc2F)c1. The summed E-state index contributed by atoms with van der Waals surface area (Å²) in [4.78, 5) is 2.07. The molecule has 1 aliphatic heterocycles. The van der Waals surface area contributed by atoms with E-state index < -0.39 is 0 Å². The maximum absolute atomic E-state index is 14.6. The lowest BCUT2D eigenvalue weighted by Gasteiger charge is -2.39. The number of fused-ring (bicyclic) bond motifs is 1. The summed E-state index contributed by atoms with van der Waals surface area (Å²) in [6, 6.07) is 18.8. The molecular weight excluding hydrogens is 345 g/mol. The van der Waals surface area contributed by atoms with Gasteiger partial charge in [0.2, 0.25) is 0 Å². The predicted octanol–water partition coefficient (Wildman–Crippen LogP) is 4.74. The highest BCUT2D eigenvalue weighted by atomic mass is 32.1. The second-order valence-electron chi connectivity index (χ2n) is 6.54. The Bertz CT molecular complexity index is 950. The molecule has 3 aromatic rings. The summed E-state index contributed by atoms with van der Waals surface area (Å²) < 4.78 is 16.8. The lowest BCUT2D eigenvalue weighted by atomic mass is 10.00. The van der Waals surface area contributed by atoms with E-state index >= 15 is 0 Å². The van der Waals surface area contributed by atoms with E-state index in [1.165, 1.54) is 6.07 Å². The van der Waals surface area contributed by atoms with E-state index in [0.29, 0.717) is 10.7 Å². The number of aryl methyl sites for hydroxylation is 1. The van der Waals surface area contributed by atoms with Crippen molar-refractivity contribution >= 4 is 23.0 Å². The Morgan fingerprint density at radius 2 is 1.92 bits per heavy atom. The third-order valence-electron chi connectivity index (χ3n) is 4.77. The van der Waals surface area contributed by atoms with Gasteiger partial charge in [-0.3, -0.25) is 0 Å². The van der Waals surface area contributed by atoms with E-state index in [4.69, 9.17) is 12.2 Å². The third kappa shape index (κ3) is 3.10. The number of benzene rings is 2. The first-order chi connectivity index (χ1) is 12.6. The van der Waals surface area contributed by atoms with Crippen LogP contribution in [0.25, 0.3) is 0 Å². The summed E-state index contributed by atoms with van der Waals surface area (Å²) in [7, 11) is 0. The molecule has 1 aromatic heterocycles. The number of rotatable bonds is 2. The molecule has 26 heavy (non-hydrogen) atoms. The zero-order valence-electron chi connectivity index (χ0n) is 14.5. The summed E-state index contributed by atoms with van der Waals surface area (Å²) >= 11 is 5.71. The molecule has 0 saturated heterocycles. The van der Waals surface area contributed by atoms with Crippen molar-refractivity contribution in [3.8, 4) is 0 Å². The van der Waals surface area contributed by atoms with Crippen molar-refractivity contribution in [1.82, 2.24) is 9.47 Å². The summed E-state index contributed by atoms with van der Waals surface area (Å²) in [5, 5.41) is 3.93. The van der Waals surface area contributed by atoms with Gasteiger partial charge >= 0.3 is 0 Å². The molecule has 1 unspecified atom stereocenters. The Kier molecular flexibility index (Phi) is 4.47. The summed E-state index contributed by atoms with van der Waals surface area (Å²) in [5.41, 5.74) is 3.80. The molecule has 132 valence electrons. The average Bonchev–Trinajstić information content (AvgIpc) is 3.10. The zero-order valence-corrected chi connectivity index (χ0v) is 15.3. The van der Waals surface area contributed by atoms with E-state index in [0.717, 1.165) is 30.0 Å². The zero-order chi connectivity index (χ0) is 18.1. The molecule has 0 bridgehead atoms. The molecule has 2 heterocycles. The molecule has 0 radical (unpaired) electrons. The molecule has 0 fully saturated rings. The number of nitrogens with one attached hydrogen (secondary N) is 1. The van der Waals surface area contributed by atoms with Crippen molar-refractivity contribution in [2.45, 2.75) is 19.5 Å². The third-order valence-corrected chi connectivity index (χ3v) is 5.10. The van der Waals surface area contributed by atoms with Gasteiger partial charge in [0.25, 0.3) is 0 Å². The van der Waals surface area contributed by atoms with Crippen LogP contribution >= 0.6 is 12.2 Å². The van der Waals surface area contributed by atoms with E-state index in [1.54, 1.807) is 6.07 Å². The van der Waals surface area contributed by atoms with Crippen LogP contribution in [-0.2, 0) is 6.54 Å². The smallest absolute Gasteiger partial charge is 0.174 e. The number of hydrogen-bond donors (Lipinski definition) is 1. The van der Waals surface area contributed by atoms with Crippen LogP contribution in [0.15, 0.2) is 66.9 Å². The Labute approximate surface area is 158 Å². The Hall–Kier alpha value is -2.66. The predicted molar refractivity (Wildman–Crippen MR) is 107 cm³/mol. The molecule has 1 atom stereocenters. The van der Waals surface area contributed by atoms with E-state index in [9.17, 15) is 4.39 Å². The summed E-state index contributed by atoms with van der Waals surface area (Å²) in [6.45, 7) is 3.59. The van der Waals surface area contributed by atoms with Gasteiger partial charge in [-0.2, -0.15) is 0 Å². The second-order valence-corrected chi connectivity index (χ2v) is 6.93. The Morgan fingerprint density at radius 1 is 1.08 bits per heavy atom. The Morgan fingerprint density at radius 3 is 2.73 bits per heavy atom. The molecular formula is C21H20FN3S. The topological polar surface area (TPSA) is 20.2 Å². The van der Waals surface area contributed by atoms with Crippen LogP contribution in [0.1, 0.15) is 22.9 Å². The lowest BCUT2D eigenvalue weighted by Crippen LogP contribution is -2.44. The van der Waals surface area contributed by atoms with Gasteiger partial charge in [0.05, 0.1) is 6.04 Å². The van der Waals surface area contributed by atoms with Gasteiger partial charge < -0.3 is 14.8 Å². The molecule has 5 heteroatoms. The molecule has 0 spiro atoms. The fraction of sp³-hybridized carbons (Fsp3) is 0.190. The first-order valence-corrected chi connectivity index (χ1v) is 9.08. The van der Waals surface area contributed by atoms with Crippen LogP contribution in [0.5, 0.6) is 0 Å². The molecule has 0 aliphatic carbocycles. The van der Waals surface area contributed by atoms with E-state index in [1.807, 2.05) is 55.6 Å². The Balaban J connectivity index is 1.70. The largest absolute Gasteiger partial charge is 0.348 e. The van der Waals surface area contributed by atoms with Crippen LogP contribution in [0.3, 0.4) is 0 Å². The summed E-state index contributed by atoms with van der Waals surface area (Å²) in [6.07, 6.45) is 2.04. The standard InChI is InChI=1S/C21H20FN3S/c1-15-6-4-7-16(14-15)23-21(26)25-13-12-24-11-5-10-19(24)20(25)17-8-2-3-9-18(17)22/h2-11,14,20H,12-13H2,1H3,(H,23,26). The normalized spacial score (nSPS) is 16.2. The second kappa shape index (κ2) is 6.92. The molecule has 1 aliphatic rings. The minimum atomic E-state index is -0.246. The highest BCUT2D eigenvalue weighted by molar-refractivity contribution is 7.80. The van der Waals surface area contributed by atoms with Crippen molar-refractivity contribution in [3.05, 3.63) is 89.5 Å². The fourth-order valence-electron chi connectivity index (χ4n) is 3.54. The monoisotopic (exact) mass is 365 g/mol. The van der Waals surface area contributed by atoms with E-state index in [-0.39, 0.29) is 11.9 Å². The summed E-state index contributed by atoms with van der Waals surface area (Å²) in [5.74, 6) is -0.212. The van der Waals surface area contributed by atoms with Crippen molar-refractivity contribution in [3.63, 3.8) is 0 Å². The quantitative estimate of drug-likeness (QED) is 0.663.